The standard InChI is InChI=1S/C23H25N7O3S.C21H21N7O3S/c1-11-5-14(6-12(2)26-11)27-23-25-8-15(22-29-16-3-4-24-9-18(16)34-22)21(30-23)28-17-7-13(10-31)19(32)20(17)33;29-9-11-5-15(18(31)17(11)30)26-19-13(20-27-14-3-1-2-4-16(14)32-20)8-24-21(28-19)25-12-6-22-10-23-7-12/h3-6,8-9,13,17,19-20,31-33H,7,10H2,1-2H3,(H2,25,26,27,28,30);1-4,6-8,10-11,15,17-18,29-31H,5,9H2,(H2,24,25,26,28)/t13-,17-,19-,20+;11-,15-,17-,18+/m11/s1. The van der Waals surface area contributed by atoms with Crippen LogP contribution in [0, 0.1) is 25.7 Å². The molecule has 0 aliphatic heterocycles. The molecule has 0 saturated heterocycles. The molecule has 1 aromatic carbocycles. The summed E-state index contributed by atoms with van der Waals surface area (Å²) in [6.07, 6.45) is 8.15. The molecule has 10 N–H and O–H groups in total. The second kappa shape index (κ2) is 19.5. The minimum absolute atomic E-state index is 0.203. The lowest BCUT2D eigenvalue weighted by Gasteiger charge is -2.20. The molecular weight excluding hydrogens is 885 g/mol. The summed E-state index contributed by atoms with van der Waals surface area (Å²) in [5.74, 6) is 0.806. The van der Waals surface area contributed by atoms with Crippen LogP contribution in [0.1, 0.15) is 24.2 Å². The molecule has 20 nitrogen and oxygen atoms in total. The molecule has 0 amide bonds. The van der Waals surface area contributed by atoms with Gasteiger partial charge in [0.15, 0.2) is 0 Å². The van der Waals surface area contributed by atoms with Crippen LogP contribution < -0.4 is 21.3 Å². The van der Waals surface area contributed by atoms with Crippen LogP contribution in [0.25, 0.3) is 41.6 Å². The van der Waals surface area contributed by atoms with Crippen molar-refractivity contribution >= 4 is 78.0 Å². The van der Waals surface area contributed by atoms with Gasteiger partial charge in [0.1, 0.15) is 40.2 Å². The summed E-state index contributed by atoms with van der Waals surface area (Å²) < 4.78 is 1.97. The predicted molar refractivity (Wildman–Crippen MR) is 251 cm³/mol. The van der Waals surface area contributed by atoms with E-state index in [1.54, 1.807) is 37.2 Å². The van der Waals surface area contributed by atoms with Crippen LogP contribution in [0.15, 0.2) is 86.0 Å². The minimum atomic E-state index is -1.04. The lowest BCUT2D eigenvalue weighted by Crippen LogP contribution is -2.35. The van der Waals surface area contributed by atoms with Crippen LogP contribution in [-0.4, -0.2) is 130 Å². The van der Waals surface area contributed by atoms with Crippen molar-refractivity contribution in [3.05, 3.63) is 97.4 Å². The van der Waals surface area contributed by atoms with Crippen molar-refractivity contribution in [1.82, 2.24) is 49.8 Å². The normalized spacial score (nSPS) is 22.5. The van der Waals surface area contributed by atoms with Crippen molar-refractivity contribution in [2.75, 3.05) is 34.5 Å². The molecule has 66 heavy (non-hydrogen) atoms. The Kier molecular flexibility index (Phi) is 13.2. The quantitative estimate of drug-likeness (QED) is 0.0820. The first-order valence-electron chi connectivity index (χ1n) is 21.1. The largest absolute Gasteiger partial charge is 0.396 e. The van der Waals surface area contributed by atoms with Crippen molar-refractivity contribution in [1.29, 1.82) is 0 Å². The summed E-state index contributed by atoms with van der Waals surface area (Å²) in [5, 5.41) is 74.8. The number of pyridine rings is 2. The number of nitrogens with zero attached hydrogens (tertiary/aromatic N) is 10. The van der Waals surface area contributed by atoms with Gasteiger partial charge in [0.05, 0.1) is 73.9 Å². The monoisotopic (exact) mass is 930 g/mol. The van der Waals surface area contributed by atoms with Gasteiger partial charge in [-0.25, -0.2) is 29.9 Å². The zero-order valence-corrected chi connectivity index (χ0v) is 37.1. The fourth-order valence-electron chi connectivity index (χ4n) is 8.08. The molecule has 0 spiro atoms. The van der Waals surface area contributed by atoms with Crippen LogP contribution in [0.2, 0.25) is 0 Å². The molecule has 2 aliphatic rings. The Morgan fingerprint density at radius 2 is 1.11 bits per heavy atom. The van der Waals surface area contributed by atoms with Gasteiger partial charge in [-0.15, -0.1) is 22.7 Å². The first-order valence-corrected chi connectivity index (χ1v) is 22.7. The number of nitrogens with one attached hydrogen (secondary N) is 4. The summed E-state index contributed by atoms with van der Waals surface area (Å²) >= 11 is 2.98. The van der Waals surface area contributed by atoms with Gasteiger partial charge in [0.25, 0.3) is 0 Å². The number of aliphatic hydroxyl groups is 6. The van der Waals surface area contributed by atoms with E-state index in [9.17, 15) is 30.6 Å². The van der Waals surface area contributed by atoms with Crippen molar-refractivity contribution < 1.29 is 30.6 Å². The molecule has 340 valence electrons. The topological polar surface area (TPSA) is 298 Å². The van der Waals surface area contributed by atoms with E-state index in [-0.39, 0.29) is 13.2 Å². The number of aryl methyl sites for hydroxylation is 2. The van der Waals surface area contributed by atoms with E-state index in [1.165, 1.54) is 29.0 Å². The lowest BCUT2D eigenvalue weighted by atomic mass is 10.1. The highest BCUT2D eigenvalue weighted by molar-refractivity contribution is 7.22. The first kappa shape index (κ1) is 44.7. The van der Waals surface area contributed by atoms with Crippen LogP contribution in [0.5, 0.6) is 0 Å². The van der Waals surface area contributed by atoms with Gasteiger partial charge in [0, 0.05) is 66.9 Å². The van der Waals surface area contributed by atoms with E-state index in [0.717, 1.165) is 42.5 Å². The number of fused-ring (bicyclic) bond motifs is 2. The van der Waals surface area contributed by atoms with Crippen molar-refractivity contribution in [3.63, 3.8) is 0 Å². The lowest BCUT2D eigenvalue weighted by molar-refractivity contribution is 0.00443. The molecule has 10 rings (SSSR count). The van der Waals surface area contributed by atoms with Gasteiger partial charge < -0.3 is 51.9 Å². The summed E-state index contributed by atoms with van der Waals surface area (Å²) in [6, 6.07) is 12.5. The number of aliphatic hydroxyl groups excluding tert-OH is 6. The fourth-order valence-corrected chi connectivity index (χ4v) is 10.00. The van der Waals surface area contributed by atoms with Crippen LogP contribution in [0.3, 0.4) is 0 Å². The van der Waals surface area contributed by atoms with E-state index in [0.29, 0.717) is 58.2 Å². The second-order valence-electron chi connectivity index (χ2n) is 16.1. The maximum Gasteiger partial charge on any atom is 0.229 e. The number of anilines is 6. The molecule has 2 saturated carbocycles. The molecule has 0 bridgehead atoms. The molecule has 7 heterocycles. The SMILES string of the molecule is Cc1cc(Nc2ncc(-c3nc4ccncc4s3)c(N[C@@H]3C[C@H](CO)[C@@H](O)[C@H]3O)n2)cc(C)n1.OC[C@H]1C[C@@H](Nc2nc(Nc3cncnc3)ncc2-c2nc3ccccc3s2)[C@H](O)[C@@H]1O. The van der Waals surface area contributed by atoms with Crippen molar-refractivity contribution in [2.45, 2.75) is 63.2 Å². The van der Waals surface area contributed by atoms with Gasteiger partial charge >= 0.3 is 0 Å². The number of hydrogen-bond acceptors (Lipinski definition) is 22. The fraction of sp³-hybridized carbons (Fsp3) is 0.318. The molecule has 8 atom stereocenters. The van der Waals surface area contributed by atoms with Crippen LogP contribution in [-0.2, 0) is 0 Å². The predicted octanol–water partition coefficient (Wildman–Crippen LogP) is 4.22. The summed E-state index contributed by atoms with van der Waals surface area (Å²) in [7, 11) is 0. The minimum Gasteiger partial charge on any atom is -0.396 e. The molecular formula is C44H46N14O6S2. The Bertz CT molecular complexity index is 2860. The Morgan fingerprint density at radius 3 is 1.64 bits per heavy atom. The number of thiazole rings is 2. The zero-order valence-electron chi connectivity index (χ0n) is 35.5. The molecule has 2 aliphatic carbocycles. The zero-order chi connectivity index (χ0) is 45.9. The van der Waals surface area contributed by atoms with E-state index in [4.69, 9.17) is 9.97 Å². The van der Waals surface area contributed by atoms with Crippen molar-refractivity contribution in [2.24, 2.45) is 11.8 Å². The van der Waals surface area contributed by atoms with E-state index < -0.39 is 48.3 Å². The maximum atomic E-state index is 10.6. The molecule has 0 radical (unpaired) electrons. The van der Waals surface area contributed by atoms with Crippen molar-refractivity contribution in [3.8, 4) is 21.1 Å². The average Bonchev–Trinajstić information content (AvgIpc) is 4.08. The molecule has 8 aromatic rings. The first-order chi connectivity index (χ1) is 32.0. The summed E-state index contributed by atoms with van der Waals surface area (Å²) in [6.45, 7) is 3.43. The summed E-state index contributed by atoms with van der Waals surface area (Å²) in [5.41, 5.74) is 6.23. The Morgan fingerprint density at radius 1 is 0.576 bits per heavy atom. The average molecular weight is 931 g/mol. The Balaban J connectivity index is 0.000000166. The third-order valence-electron chi connectivity index (χ3n) is 11.4. The third kappa shape index (κ3) is 9.71. The highest BCUT2D eigenvalue weighted by Crippen LogP contribution is 2.38. The van der Waals surface area contributed by atoms with E-state index in [2.05, 4.69) is 61.1 Å². The number of benzene rings is 1. The summed E-state index contributed by atoms with van der Waals surface area (Å²) in [4.78, 5) is 44.1. The molecule has 0 unspecified atom stereocenters. The highest BCUT2D eigenvalue weighted by atomic mass is 32.1. The Hall–Kier alpha value is -6.50. The van der Waals surface area contributed by atoms with Gasteiger partial charge in [-0.05, 0) is 57.0 Å². The van der Waals surface area contributed by atoms with E-state index >= 15 is 0 Å². The number of rotatable bonds is 12. The van der Waals surface area contributed by atoms with Crippen LogP contribution >= 0.6 is 22.7 Å². The van der Waals surface area contributed by atoms with Gasteiger partial charge in [-0.1, -0.05) is 12.1 Å². The number of aromatic nitrogens is 10. The molecule has 22 heteroatoms. The van der Waals surface area contributed by atoms with Gasteiger partial charge in [-0.2, -0.15) is 9.97 Å². The molecule has 7 aromatic heterocycles. The van der Waals surface area contributed by atoms with E-state index in [1.807, 2.05) is 56.3 Å². The Labute approximate surface area is 385 Å². The van der Waals surface area contributed by atoms with Gasteiger partial charge in [0.2, 0.25) is 11.9 Å². The third-order valence-corrected chi connectivity index (χ3v) is 13.5. The number of hydrogen-bond donors (Lipinski definition) is 10. The maximum absolute atomic E-state index is 10.6. The smallest absolute Gasteiger partial charge is 0.229 e. The second-order valence-corrected chi connectivity index (χ2v) is 18.2. The number of para-hydroxylation sites is 1. The highest BCUT2D eigenvalue weighted by Gasteiger charge is 2.42. The molecule has 2 fully saturated rings. The van der Waals surface area contributed by atoms with Crippen LogP contribution in [0.4, 0.5) is 34.9 Å². The van der Waals surface area contributed by atoms with Gasteiger partial charge in [-0.3, -0.25) is 9.97 Å².